The van der Waals surface area contributed by atoms with Gasteiger partial charge in [-0.15, -0.1) is 0 Å². The molecule has 2 rings (SSSR count). The summed E-state index contributed by atoms with van der Waals surface area (Å²) in [6.45, 7) is 0. The van der Waals surface area contributed by atoms with Crippen LogP contribution in [-0.2, 0) is 11.5 Å². The molecule has 2 aromatic carbocycles. The first-order chi connectivity index (χ1) is 8.27. The minimum absolute atomic E-state index is 0.854. The van der Waals surface area contributed by atoms with Crippen LogP contribution in [0.1, 0.15) is 11.1 Å². The molecule has 0 N–H and O–H groups in total. The molecule has 17 heavy (non-hydrogen) atoms. The summed E-state index contributed by atoms with van der Waals surface area (Å²) in [5, 5.41) is 0.854. The summed E-state index contributed by atoms with van der Waals surface area (Å²) < 4.78 is 1.17. The molecule has 0 atom stereocenters. The van der Waals surface area contributed by atoms with Crippen LogP contribution in [0.3, 0.4) is 0 Å². The zero-order valence-electron chi connectivity index (χ0n) is 9.20. The van der Waals surface area contributed by atoms with Crippen molar-refractivity contribution in [2.24, 2.45) is 0 Å². The van der Waals surface area contributed by atoms with Gasteiger partial charge < -0.3 is 0 Å². The molecule has 0 aliphatic heterocycles. The Labute approximate surface area is 120 Å². The third kappa shape index (κ3) is 3.77. The summed E-state index contributed by atoms with van der Waals surface area (Å²) in [6, 6.07) is 16.3. The number of benzene rings is 2. The molecule has 0 aliphatic carbocycles. The van der Waals surface area contributed by atoms with Gasteiger partial charge in [-0.25, -0.2) is 0 Å². The van der Waals surface area contributed by atoms with E-state index in [2.05, 4.69) is 40.2 Å². The van der Waals surface area contributed by atoms with Crippen molar-refractivity contribution in [3.8, 4) is 0 Å². The summed E-state index contributed by atoms with van der Waals surface area (Å²) in [4.78, 5) is 0. The lowest BCUT2D eigenvalue weighted by Crippen LogP contribution is -1.85. The van der Waals surface area contributed by atoms with Gasteiger partial charge in [0.1, 0.15) is 0 Å². The largest absolute Gasteiger partial charge is 0.152 e. The molecule has 0 radical (unpaired) electrons. The van der Waals surface area contributed by atoms with Crippen LogP contribution in [0.15, 0.2) is 53.0 Å². The Balaban J connectivity index is 1.93. The fraction of sp³-hybridized carbons (Fsp3) is 0.143. The second kappa shape index (κ2) is 6.48. The number of hydrogen-bond acceptors (Lipinski definition) is 1. The molecule has 0 nitrogen and oxygen atoms in total. The normalized spacial score (nSPS) is 10.5. The molecule has 0 unspecified atom stereocenters. The lowest BCUT2D eigenvalue weighted by molar-refractivity contribution is 1.35. The third-order valence-corrected chi connectivity index (χ3v) is 4.60. The van der Waals surface area contributed by atoms with E-state index < -0.39 is 0 Å². The van der Waals surface area contributed by atoms with Crippen molar-refractivity contribution in [3.05, 3.63) is 69.2 Å². The predicted octanol–water partition coefficient (Wildman–Crippen LogP) is 5.54. The van der Waals surface area contributed by atoms with Crippen LogP contribution in [0.2, 0.25) is 5.02 Å². The van der Waals surface area contributed by atoms with Crippen molar-refractivity contribution in [2.75, 3.05) is 0 Å². The Hall–Kier alpha value is -0.440. The van der Waals surface area contributed by atoms with Crippen molar-refractivity contribution in [1.29, 1.82) is 0 Å². The lowest BCUT2D eigenvalue weighted by atomic mass is 10.2. The SMILES string of the molecule is Clc1ccccc1CSCc1ccccc1Br. The van der Waals surface area contributed by atoms with E-state index in [1.165, 1.54) is 15.6 Å². The van der Waals surface area contributed by atoms with Crippen molar-refractivity contribution in [3.63, 3.8) is 0 Å². The molecule has 3 heteroatoms. The summed E-state index contributed by atoms with van der Waals surface area (Å²) in [6.07, 6.45) is 0. The van der Waals surface area contributed by atoms with Gasteiger partial charge in [0.25, 0.3) is 0 Å². The summed E-state index contributed by atoms with van der Waals surface area (Å²) in [5.41, 5.74) is 2.52. The Morgan fingerprint density at radius 2 is 1.47 bits per heavy atom. The first-order valence-electron chi connectivity index (χ1n) is 5.32. The molecule has 0 aliphatic rings. The minimum atomic E-state index is 0.854. The second-order valence-corrected chi connectivity index (χ2v) is 5.92. The topological polar surface area (TPSA) is 0 Å². The molecular weight excluding hydrogens is 316 g/mol. The fourth-order valence-corrected chi connectivity index (χ4v) is 3.44. The molecule has 2 aromatic rings. The van der Waals surface area contributed by atoms with E-state index in [0.29, 0.717) is 0 Å². The zero-order valence-corrected chi connectivity index (χ0v) is 12.4. The zero-order chi connectivity index (χ0) is 12.1. The van der Waals surface area contributed by atoms with E-state index in [-0.39, 0.29) is 0 Å². The summed E-state index contributed by atoms with van der Waals surface area (Å²) in [5.74, 6) is 1.94. The fourth-order valence-electron chi connectivity index (χ4n) is 1.50. The van der Waals surface area contributed by atoms with Crippen molar-refractivity contribution >= 4 is 39.3 Å². The third-order valence-electron chi connectivity index (χ3n) is 2.43. The molecule has 0 aromatic heterocycles. The van der Waals surface area contributed by atoms with Gasteiger partial charge in [-0.05, 0) is 23.3 Å². The molecule has 0 bridgehead atoms. The molecule has 0 fully saturated rings. The van der Waals surface area contributed by atoms with E-state index in [1.807, 2.05) is 36.0 Å². The summed E-state index contributed by atoms with van der Waals surface area (Å²) >= 11 is 11.5. The molecule has 88 valence electrons. The average Bonchev–Trinajstić information content (AvgIpc) is 2.34. The van der Waals surface area contributed by atoms with Crippen LogP contribution in [0.25, 0.3) is 0 Å². The number of halogens is 2. The van der Waals surface area contributed by atoms with E-state index >= 15 is 0 Å². The number of thioether (sulfide) groups is 1. The predicted molar refractivity (Wildman–Crippen MR) is 80.6 cm³/mol. The van der Waals surface area contributed by atoms with Gasteiger partial charge in [-0.1, -0.05) is 63.9 Å². The quantitative estimate of drug-likeness (QED) is 0.711. The Morgan fingerprint density at radius 3 is 2.18 bits per heavy atom. The van der Waals surface area contributed by atoms with Crippen LogP contribution in [0.5, 0.6) is 0 Å². The minimum Gasteiger partial charge on any atom is -0.152 e. The van der Waals surface area contributed by atoms with E-state index in [1.54, 1.807) is 0 Å². The van der Waals surface area contributed by atoms with Gasteiger partial charge in [0.15, 0.2) is 0 Å². The van der Waals surface area contributed by atoms with Crippen molar-refractivity contribution in [1.82, 2.24) is 0 Å². The number of hydrogen-bond donors (Lipinski definition) is 0. The highest BCUT2D eigenvalue weighted by Crippen LogP contribution is 2.26. The van der Waals surface area contributed by atoms with Gasteiger partial charge >= 0.3 is 0 Å². The molecule has 0 amide bonds. The lowest BCUT2D eigenvalue weighted by Gasteiger charge is -2.05. The standard InChI is InChI=1S/C14H12BrClS/c15-13-7-3-1-5-11(13)9-17-10-12-6-2-4-8-14(12)16/h1-8H,9-10H2. The van der Waals surface area contributed by atoms with Gasteiger partial charge in [-0.3, -0.25) is 0 Å². The highest BCUT2D eigenvalue weighted by atomic mass is 79.9. The maximum absolute atomic E-state index is 6.11. The van der Waals surface area contributed by atoms with Crippen molar-refractivity contribution in [2.45, 2.75) is 11.5 Å². The average molecular weight is 328 g/mol. The highest BCUT2D eigenvalue weighted by Gasteiger charge is 2.01. The van der Waals surface area contributed by atoms with E-state index in [9.17, 15) is 0 Å². The highest BCUT2D eigenvalue weighted by molar-refractivity contribution is 9.10. The second-order valence-electron chi connectivity index (χ2n) is 3.68. The van der Waals surface area contributed by atoms with Crippen LogP contribution in [0.4, 0.5) is 0 Å². The monoisotopic (exact) mass is 326 g/mol. The van der Waals surface area contributed by atoms with Crippen molar-refractivity contribution < 1.29 is 0 Å². The van der Waals surface area contributed by atoms with Gasteiger partial charge in [0.2, 0.25) is 0 Å². The van der Waals surface area contributed by atoms with E-state index in [4.69, 9.17) is 11.6 Å². The number of rotatable bonds is 4. The summed E-state index contributed by atoms with van der Waals surface area (Å²) in [7, 11) is 0. The van der Waals surface area contributed by atoms with Crippen LogP contribution >= 0.6 is 39.3 Å². The van der Waals surface area contributed by atoms with E-state index in [0.717, 1.165) is 16.5 Å². The Kier molecular flexibility index (Phi) is 4.96. The Morgan fingerprint density at radius 1 is 0.882 bits per heavy atom. The molecule has 0 saturated heterocycles. The molecule has 0 saturated carbocycles. The first kappa shape index (κ1) is 13.0. The maximum atomic E-state index is 6.11. The van der Waals surface area contributed by atoms with Gasteiger partial charge in [0, 0.05) is 21.0 Å². The first-order valence-corrected chi connectivity index (χ1v) is 7.64. The smallest absolute Gasteiger partial charge is 0.0446 e. The van der Waals surface area contributed by atoms with Crippen LogP contribution in [-0.4, -0.2) is 0 Å². The van der Waals surface area contributed by atoms with Gasteiger partial charge in [-0.2, -0.15) is 11.8 Å². The Bertz CT molecular complexity index is 454. The molecular formula is C14H12BrClS. The molecule has 0 spiro atoms. The van der Waals surface area contributed by atoms with Crippen LogP contribution in [0, 0.1) is 0 Å². The van der Waals surface area contributed by atoms with Crippen LogP contribution < -0.4 is 0 Å². The molecule has 0 heterocycles. The van der Waals surface area contributed by atoms with Gasteiger partial charge in [0.05, 0.1) is 0 Å². The maximum Gasteiger partial charge on any atom is 0.0446 e.